The van der Waals surface area contributed by atoms with Gasteiger partial charge in [-0.2, -0.15) is 0 Å². The van der Waals surface area contributed by atoms with Gasteiger partial charge >= 0.3 is 0 Å². The van der Waals surface area contributed by atoms with Crippen LogP contribution < -0.4 is 10.6 Å². The van der Waals surface area contributed by atoms with Crippen LogP contribution in [0.2, 0.25) is 0 Å². The fraction of sp³-hybridized carbons (Fsp3) is 0.455. The molecule has 15 heavy (non-hydrogen) atoms. The molecule has 0 heterocycles. The van der Waals surface area contributed by atoms with Crippen LogP contribution in [-0.4, -0.2) is 19.1 Å². The second kappa shape index (κ2) is 4.57. The van der Waals surface area contributed by atoms with Crippen molar-refractivity contribution in [2.24, 2.45) is 0 Å². The van der Waals surface area contributed by atoms with Gasteiger partial charge in [0.05, 0.1) is 0 Å². The predicted molar refractivity (Wildman–Crippen MR) is 58.0 cm³/mol. The lowest BCUT2D eigenvalue weighted by Crippen LogP contribution is -2.40. The number of rotatable bonds is 4. The number of benzene rings is 1. The van der Waals surface area contributed by atoms with Crippen LogP contribution in [0.15, 0.2) is 18.2 Å². The van der Waals surface area contributed by atoms with E-state index < -0.39 is 11.6 Å². The third-order valence-electron chi connectivity index (χ3n) is 2.02. The summed E-state index contributed by atoms with van der Waals surface area (Å²) in [7, 11) is 1.84. The highest BCUT2D eigenvalue weighted by molar-refractivity contribution is 5.45. The molecule has 0 fully saturated rings. The van der Waals surface area contributed by atoms with Crippen molar-refractivity contribution in [3.05, 3.63) is 29.8 Å². The van der Waals surface area contributed by atoms with Crippen molar-refractivity contribution >= 4 is 5.69 Å². The molecule has 4 heteroatoms. The van der Waals surface area contributed by atoms with Crippen molar-refractivity contribution in [3.8, 4) is 0 Å². The fourth-order valence-corrected chi connectivity index (χ4v) is 1.45. The van der Waals surface area contributed by atoms with Gasteiger partial charge in [-0.3, -0.25) is 0 Å². The van der Waals surface area contributed by atoms with E-state index in [-0.39, 0.29) is 5.54 Å². The van der Waals surface area contributed by atoms with Crippen LogP contribution in [0, 0.1) is 11.6 Å². The number of halogens is 2. The van der Waals surface area contributed by atoms with Crippen LogP contribution >= 0.6 is 0 Å². The summed E-state index contributed by atoms with van der Waals surface area (Å²) in [5.41, 5.74) is 0.369. The third-order valence-corrected chi connectivity index (χ3v) is 2.02. The standard InChI is InChI=1S/C11H16F2N2/c1-11(2,7-14-3)15-8-4-5-9(12)10(13)6-8/h4-6,14-15H,7H2,1-3H3. The van der Waals surface area contributed by atoms with Crippen molar-refractivity contribution in [1.29, 1.82) is 0 Å². The normalized spacial score (nSPS) is 11.5. The summed E-state index contributed by atoms with van der Waals surface area (Å²) in [4.78, 5) is 0. The van der Waals surface area contributed by atoms with Gasteiger partial charge in [0.1, 0.15) is 0 Å². The Morgan fingerprint density at radius 1 is 1.20 bits per heavy atom. The topological polar surface area (TPSA) is 24.1 Å². The highest BCUT2D eigenvalue weighted by atomic mass is 19.2. The minimum absolute atomic E-state index is 0.209. The molecule has 0 saturated heterocycles. The maximum absolute atomic E-state index is 12.9. The summed E-state index contributed by atoms with van der Waals surface area (Å²) >= 11 is 0. The fourth-order valence-electron chi connectivity index (χ4n) is 1.45. The maximum atomic E-state index is 12.9. The first-order valence-corrected chi connectivity index (χ1v) is 4.82. The van der Waals surface area contributed by atoms with Crippen LogP contribution in [-0.2, 0) is 0 Å². The molecule has 0 atom stereocenters. The highest BCUT2D eigenvalue weighted by Gasteiger charge is 2.16. The van der Waals surface area contributed by atoms with Gasteiger partial charge in [0, 0.05) is 23.8 Å². The van der Waals surface area contributed by atoms with Crippen molar-refractivity contribution < 1.29 is 8.78 Å². The minimum Gasteiger partial charge on any atom is -0.379 e. The Hall–Kier alpha value is -1.16. The average molecular weight is 214 g/mol. The molecule has 1 aromatic carbocycles. The monoisotopic (exact) mass is 214 g/mol. The van der Waals surface area contributed by atoms with Gasteiger partial charge in [0.2, 0.25) is 0 Å². The Balaban J connectivity index is 2.76. The molecular formula is C11H16F2N2. The van der Waals surface area contributed by atoms with Crippen molar-refractivity contribution in [2.75, 3.05) is 18.9 Å². The molecule has 2 nitrogen and oxygen atoms in total. The molecule has 84 valence electrons. The van der Waals surface area contributed by atoms with E-state index in [0.717, 1.165) is 18.7 Å². The van der Waals surface area contributed by atoms with Gasteiger partial charge in [-0.25, -0.2) is 8.78 Å². The van der Waals surface area contributed by atoms with Gasteiger partial charge in [-0.05, 0) is 33.0 Å². The first kappa shape index (κ1) is 11.9. The lowest BCUT2D eigenvalue weighted by molar-refractivity contribution is 0.505. The van der Waals surface area contributed by atoms with Gasteiger partial charge in [-0.1, -0.05) is 0 Å². The maximum Gasteiger partial charge on any atom is 0.160 e. The first-order chi connectivity index (χ1) is 6.94. The van der Waals surface area contributed by atoms with E-state index in [2.05, 4.69) is 10.6 Å². The van der Waals surface area contributed by atoms with Crippen LogP contribution in [0.1, 0.15) is 13.8 Å². The molecule has 1 aromatic rings. The molecular weight excluding hydrogens is 198 g/mol. The lowest BCUT2D eigenvalue weighted by Gasteiger charge is -2.27. The Labute approximate surface area is 88.7 Å². The first-order valence-electron chi connectivity index (χ1n) is 4.82. The molecule has 0 aliphatic rings. The van der Waals surface area contributed by atoms with Gasteiger partial charge in [-0.15, -0.1) is 0 Å². The number of nitrogens with one attached hydrogen (secondary N) is 2. The minimum atomic E-state index is -0.833. The largest absolute Gasteiger partial charge is 0.379 e. The Bertz CT molecular complexity index is 337. The summed E-state index contributed by atoms with van der Waals surface area (Å²) in [6, 6.07) is 3.80. The smallest absolute Gasteiger partial charge is 0.160 e. The zero-order chi connectivity index (χ0) is 11.5. The van der Waals surface area contributed by atoms with E-state index in [1.165, 1.54) is 6.07 Å². The molecule has 0 saturated carbocycles. The van der Waals surface area contributed by atoms with Crippen LogP contribution in [0.3, 0.4) is 0 Å². The zero-order valence-electron chi connectivity index (χ0n) is 9.20. The quantitative estimate of drug-likeness (QED) is 0.804. The Morgan fingerprint density at radius 2 is 1.87 bits per heavy atom. The number of hydrogen-bond acceptors (Lipinski definition) is 2. The lowest BCUT2D eigenvalue weighted by atomic mass is 10.1. The molecule has 0 aliphatic carbocycles. The molecule has 0 unspecified atom stereocenters. The highest BCUT2D eigenvalue weighted by Crippen LogP contribution is 2.17. The molecule has 0 spiro atoms. The van der Waals surface area contributed by atoms with E-state index in [9.17, 15) is 8.78 Å². The summed E-state index contributed by atoms with van der Waals surface area (Å²) in [5.74, 6) is -1.66. The van der Waals surface area contributed by atoms with Gasteiger partial charge in [0.25, 0.3) is 0 Å². The van der Waals surface area contributed by atoms with E-state index in [1.807, 2.05) is 20.9 Å². The van der Waals surface area contributed by atoms with E-state index in [0.29, 0.717) is 5.69 Å². The summed E-state index contributed by atoms with van der Waals surface area (Å²) < 4.78 is 25.6. The molecule has 0 amide bonds. The van der Waals surface area contributed by atoms with E-state index in [1.54, 1.807) is 0 Å². The zero-order valence-corrected chi connectivity index (χ0v) is 9.20. The van der Waals surface area contributed by atoms with Crippen molar-refractivity contribution in [2.45, 2.75) is 19.4 Å². The van der Waals surface area contributed by atoms with Crippen molar-refractivity contribution in [3.63, 3.8) is 0 Å². The molecule has 0 aromatic heterocycles. The predicted octanol–water partition coefficient (Wildman–Crippen LogP) is 2.37. The molecule has 0 radical (unpaired) electrons. The molecule has 1 rings (SSSR count). The molecule has 2 N–H and O–H groups in total. The van der Waals surface area contributed by atoms with E-state index >= 15 is 0 Å². The summed E-state index contributed by atoms with van der Waals surface area (Å²) in [6.07, 6.45) is 0. The number of hydrogen-bond donors (Lipinski definition) is 2. The Kier molecular flexibility index (Phi) is 3.63. The van der Waals surface area contributed by atoms with Crippen molar-refractivity contribution in [1.82, 2.24) is 5.32 Å². The second-order valence-corrected chi connectivity index (χ2v) is 4.17. The Morgan fingerprint density at radius 3 is 2.40 bits per heavy atom. The van der Waals surface area contributed by atoms with Gasteiger partial charge in [0.15, 0.2) is 11.6 Å². The summed E-state index contributed by atoms with van der Waals surface area (Å²) in [6.45, 7) is 4.68. The SMILES string of the molecule is CNCC(C)(C)Nc1ccc(F)c(F)c1. The van der Waals surface area contributed by atoms with Gasteiger partial charge < -0.3 is 10.6 Å². The summed E-state index contributed by atoms with van der Waals surface area (Å²) in [5, 5.41) is 6.14. The molecule has 0 bridgehead atoms. The average Bonchev–Trinajstić information content (AvgIpc) is 2.10. The number of likely N-dealkylation sites (N-methyl/N-ethyl adjacent to an activating group) is 1. The second-order valence-electron chi connectivity index (χ2n) is 4.17. The van der Waals surface area contributed by atoms with Crippen LogP contribution in [0.5, 0.6) is 0 Å². The van der Waals surface area contributed by atoms with Crippen LogP contribution in [0.25, 0.3) is 0 Å². The van der Waals surface area contributed by atoms with Crippen LogP contribution in [0.4, 0.5) is 14.5 Å². The number of anilines is 1. The molecule has 0 aliphatic heterocycles. The van der Waals surface area contributed by atoms with E-state index in [4.69, 9.17) is 0 Å². The third kappa shape index (κ3) is 3.47.